The topological polar surface area (TPSA) is 125 Å². The van der Waals surface area contributed by atoms with E-state index in [1.165, 1.54) is 11.3 Å². The minimum atomic E-state index is -0.618. The lowest BCUT2D eigenvalue weighted by Crippen LogP contribution is -2.13. The summed E-state index contributed by atoms with van der Waals surface area (Å²) >= 11 is 1.37. The van der Waals surface area contributed by atoms with Gasteiger partial charge in [-0.15, -0.1) is 11.3 Å². The van der Waals surface area contributed by atoms with Gasteiger partial charge in [0, 0.05) is 24.4 Å². The molecule has 4 aromatic heterocycles. The van der Waals surface area contributed by atoms with Crippen LogP contribution in [0.3, 0.4) is 0 Å². The van der Waals surface area contributed by atoms with Crippen molar-refractivity contribution in [1.29, 1.82) is 0 Å². The molecule has 0 unspecified atom stereocenters. The standard InChI is InChI=1S/C17H17N7O2S/c1-4-24-14(15(25)8(2)22-24)17-21-11(7-27-17)13-9-6-19-23(3)12(9)5-10(20-13)16(18)26/h5-7,25H,4H2,1-3H3,(H2,18,26). The Morgan fingerprint density at radius 3 is 2.85 bits per heavy atom. The first-order valence-corrected chi connectivity index (χ1v) is 9.13. The number of rotatable bonds is 4. The van der Waals surface area contributed by atoms with E-state index >= 15 is 0 Å². The van der Waals surface area contributed by atoms with E-state index in [0.717, 1.165) is 10.9 Å². The lowest BCUT2D eigenvalue weighted by molar-refractivity contribution is 0.0996. The van der Waals surface area contributed by atoms with E-state index in [1.54, 1.807) is 35.6 Å². The summed E-state index contributed by atoms with van der Waals surface area (Å²) in [6.45, 7) is 4.30. The zero-order valence-electron chi connectivity index (χ0n) is 15.0. The molecule has 0 saturated heterocycles. The van der Waals surface area contributed by atoms with Crippen LogP contribution in [0.5, 0.6) is 5.75 Å². The van der Waals surface area contributed by atoms with Crippen LogP contribution in [-0.4, -0.2) is 40.5 Å². The molecule has 4 aromatic rings. The molecule has 9 nitrogen and oxygen atoms in total. The average molecular weight is 383 g/mol. The maximum Gasteiger partial charge on any atom is 0.267 e. The summed E-state index contributed by atoms with van der Waals surface area (Å²) in [5.41, 5.74) is 8.54. The number of aromatic nitrogens is 6. The number of nitrogens with two attached hydrogens (primary N) is 1. The van der Waals surface area contributed by atoms with Crippen molar-refractivity contribution in [2.24, 2.45) is 12.8 Å². The number of fused-ring (bicyclic) bond motifs is 1. The summed E-state index contributed by atoms with van der Waals surface area (Å²) in [4.78, 5) is 20.7. The van der Waals surface area contributed by atoms with E-state index in [2.05, 4.69) is 20.2 Å². The number of nitrogens with zero attached hydrogens (tertiary/aromatic N) is 6. The van der Waals surface area contributed by atoms with Gasteiger partial charge in [0.25, 0.3) is 5.91 Å². The van der Waals surface area contributed by atoms with Crippen LogP contribution in [0.25, 0.3) is 33.0 Å². The summed E-state index contributed by atoms with van der Waals surface area (Å²) < 4.78 is 3.36. The number of amides is 1. The van der Waals surface area contributed by atoms with Gasteiger partial charge in [-0.25, -0.2) is 9.97 Å². The minimum Gasteiger partial charge on any atom is -0.504 e. The zero-order valence-corrected chi connectivity index (χ0v) is 15.8. The van der Waals surface area contributed by atoms with Crippen LogP contribution in [0.2, 0.25) is 0 Å². The molecule has 0 radical (unpaired) electrons. The Morgan fingerprint density at radius 1 is 1.37 bits per heavy atom. The van der Waals surface area contributed by atoms with Gasteiger partial charge in [-0.1, -0.05) is 0 Å². The number of primary amides is 1. The van der Waals surface area contributed by atoms with Crippen molar-refractivity contribution in [2.45, 2.75) is 20.4 Å². The Bertz CT molecular complexity index is 1190. The molecular formula is C17H17N7O2S. The lowest BCUT2D eigenvalue weighted by atomic mass is 10.1. The number of aromatic hydroxyl groups is 1. The molecule has 138 valence electrons. The third-order valence-electron chi connectivity index (χ3n) is 4.34. The molecule has 0 aliphatic carbocycles. The van der Waals surface area contributed by atoms with Crippen LogP contribution in [0.1, 0.15) is 23.1 Å². The molecule has 27 heavy (non-hydrogen) atoms. The monoisotopic (exact) mass is 383 g/mol. The molecule has 4 heterocycles. The number of carbonyl (C=O) groups is 1. The molecule has 0 bridgehead atoms. The second-order valence-electron chi connectivity index (χ2n) is 6.06. The van der Waals surface area contributed by atoms with Crippen molar-refractivity contribution in [1.82, 2.24) is 29.5 Å². The average Bonchev–Trinajstić information content (AvgIpc) is 3.33. The van der Waals surface area contributed by atoms with Gasteiger partial charge < -0.3 is 10.8 Å². The van der Waals surface area contributed by atoms with Crippen molar-refractivity contribution in [3.63, 3.8) is 0 Å². The summed E-state index contributed by atoms with van der Waals surface area (Å²) in [6.07, 6.45) is 1.68. The van der Waals surface area contributed by atoms with Crippen molar-refractivity contribution >= 4 is 28.1 Å². The predicted octanol–water partition coefficient (Wildman–Crippen LogP) is 2.09. The fourth-order valence-electron chi connectivity index (χ4n) is 2.97. The first-order chi connectivity index (χ1) is 12.9. The summed E-state index contributed by atoms with van der Waals surface area (Å²) in [6, 6.07) is 1.61. The predicted molar refractivity (Wildman–Crippen MR) is 101 cm³/mol. The number of pyridine rings is 1. The maximum absolute atomic E-state index is 11.7. The van der Waals surface area contributed by atoms with E-state index in [0.29, 0.717) is 34.3 Å². The Kier molecular flexibility index (Phi) is 3.92. The molecule has 3 N–H and O–H groups in total. The number of hydrogen-bond acceptors (Lipinski definition) is 7. The number of thiazole rings is 1. The fourth-order valence-corrected chi connectivity index (χ4v) is 3.82. The molecule has 1 amide bonds. The maximum atomic E-state index is 11.7. The summed E-state index contributed by atoms with van der Waals surface area (Å²) in [7, 11) is 1.78. The van der Waals surface area contributed by atoms with Gasteiger partial charge in [-0.05, 0) is 19.9 Å². The molecule has 0 atom stereocenters. The van der Waals surface area contributed by atoms with E-state index in [-0.39, 0.29) is 11.4 Å². The van der Waals surface area contributed by atoms with Gasteiger partial charge in [-0.3, -0.25) is 14.2 Å². The van der Waals surface area contributed by atoms with Crippen molar-refractivity contribution in [2.75, 3.05) is 0 Å². The molecule has 10 heteroatoms. The van der Waals surface area contributed by atoms with Gasteiger partial charge in [0.2, 0.25) is 0 Å². The van der Waals surface area contributed by atoms with E-state index < -0.39 is 5.91 Å². The van der Waals surface area contributed by atoms with Gasteiger partial charge in [-0.2, -0.15) is 10.2 Å². The zero-order chi connectivity index (χ0) is 19.3. The summed E-state index contributed by atoms with van der Waals surface area (Å²) in [5.74, 6) is -0.504. The van der Waals surface area contributed by atoms with Crippen molar-refractivity contribution in [3.05, 3.63) is 29.0 Å². The first kappa shape index (κ1) is 17.2. The smallest absolute Gasteiger partial charge is 0.267 e. The van der Waals surface area contributed by atoms with E-state index in [9.17, 15) is 9.90 Å². The van der Waals surface area contributed by atoms with Crippen LogP contribution < -0.4 is 5.73 Å². The number of carbonyl (C=O) groups excluding carboxylic acids is 1. The number of aryl methyl sites for hydroxylation is 3. The highest BCUT2D eigenvalue weighted by molar-refractivity contribution is 7.13. The number of hydrogen-bond donors (Lipinski definition) is 2. The Balaban J connectivity index is 1.91. The highest BCUT2D eigenvalue weighted by Gasteiger charge is 2.21. The second kappa shape index (κ2) is 6.16. The largest absolute Gasteiger partial charge is 0.504 e. The third-order valence-corrected chi connectivity index (χ3v) is 5.19. The molecule has 0 fully saturated rings. The molecule has 0 aliphatic heterocycles. The Hall–Kier alpha value is -3.27. The SMILES string of the molecule is CCn1nc(C)c(O)c1-c1nc(-c2nc(C(N)=O)cc3c2cnn3C)cs1. The molecule has 4 rings (SSSR count). The highest BCUT2D eigenvalue weighted by atomic mass is 32.1. The first-order valence-electron chi connectivity index (χ1n) is 8.25. The Labute approximate surface area is 158 Å². The minimum absolute atomic E-state index is 0.114. The van der Waals surface area contributed by atoms with Crippen LogP contribution >= 0.6 is 11.3 Å². The van der Waals surface area contributed by atoms with Crippen LogP contribution in [0, 0.1) is 6.92 Å². The van der Waals surface area contributed by atoms with Gasteiger partial charge in [0.05, 0.1) is 11.7 Å². The van der Waals surface area contributed by atoms with Crippen molar-refractivity contribution in [3.8, 4) is 27.8 Å². The molecule has 0 aliphatic rings. The highest BCUT2D eigenvalue weighted by Crippen LogP contribution is 2.37. The van der Waals surface area contributed by atoms with Crippen molar-refractivity contribution < 1.29 is 9.90 Å². The van der Waals surface area contributed by atoms with Crippen LogP contribution in [0.4, 0.5) is 0 Å². The molecular weight excluding hydrogens is 366 g/mol. The normalized spacial score (nSPS) is 11.4. The van der Waals surface area contributed by atoms with Gasteiger partial charge in [0.15, 0.2) is 5.75 Å². The van der Waals surface area contributed by atoms with E-state index in [1.807, 2.05) is 12.3 Å². The Morgan fingerprint density at radius 2 is 2.15 bits per heavy atom. The van der Waals surface area contributed by atoms with Crippen LogP contribution in [0.15, 0.2) is 17.6 Å². The van der Waals surface area contributed by atoms with Gasteiger partial charge in [0.1, 0.15) is 33.5 Å². The van der Waals surface area contributed by atoms with E-state index in [4.69, 9.17) is 5.73 Å². The quantitative estimate of drug-likeness (QED) is 0.556. The van der Waals surface area contributed by atoms with Gasteiger partial charge >= 0.3 is 0 Å². The third kappa shape index (κ3) is 2.65. The summed E-state index contributed by atoms with van der Waals surface area (Å²) in [5, 5.41) is 22.1. The molecule has 0 spiro atoms. The molecule has 0 saturated carbocycles. The molecule has 0 aromatic carbocycles. The van der Waals surface area contributed by atoms with Crippen LogP contribution in [-0.2, 0) is 13.6 Å². The second-order valence-corrected chi connectivity index (χ2v) is 6.92. The fraction of sp³-hybridized carbons (Fsp3) is 0.235. The lowest BCUT2D eigenvalue weighted by Gasteiger charge is -2.04.